The Balaban J connectivity index is 2.18. The Morgan fingerprint density at radius 2 is 1.86 bits per heavy atom. The van der Waals surface area contributed by atoms with Gasteiger partial charge in [-0.3, -0.25) is 4.90 Å². The number of aryl methyl sites for hydroxylation is 1. The standard InChI is InChI=1S/C24H33NO3/c1-18(2)24(26,19(3)4)23-12-11-22(28-23)17-25(13-8-14-27-6)16-21-10-7-9-20(5)15-21/h7,9-12,15,26H,1,3,8,13-14,16-17H2,2,4-6H3. The van der Waals surface area contributed by atoms with E-state index in [0.29, 0.717) is 23.5 Å². The third-order valence-electron chi connectivity index (χ3n) is 4.94. The van der Waals surface area contributed by atoms with Crippen LogP contribution in [0.5, 0.6) is 0 Å². The van der Waals surface area contributed by atoms with Crippen molar-refractivity contribution in [3.05, 3.63) is 83.3 Å². The number of hydrogen-bond acceptors (Lipinski definition) is 4. The van der Waals surface area contributed by atoms with Crippen LogP contribution in [0.2, 0.25) is 0 Å². The summed E-state index contributed by atoms with van der Waals surface area (Å²) in [6.45, 7) is 16.6. The average Bonchev–Trinajstić information content (AvgIpc) is 3.09. The van der Waals surface area contributed by atoms with Gasteiger partial charge in [-0.05, 0) is 56.0 Å². The average molecular weight is 384 g/mol. The normalized spacial score (nSPS) is 11.8. The first-order chi connectivity index (χ1) is 13.3. The summed E-state index contributed by atoms with van der Waals surface area (Å²) in [4.78, 5) is 2.33. The van der Waals surface area contributed by atoms with Crippen molar-refractivity contribution in [2.45, 2.75) is 45.9 Å². The van der Waals surface area contributed by atoms with Crippen LogP contribution in [0, 0.1) is 6.92 Å². The molecule has 1 N–H and O–H groups in total. The zero-order valence-electron chi connectivity index (χ0n) is 17.6. The maximum Gasteiger partial charge on any atom is 0.163 e. The Hall–Kier alpha value is -2.14. The molecule has 0 spiro atoms. The third kappa shape index (κ3) is 5.44. The molecule has 28 heavy (non-hydrogen) atoms. The number of ether oxygens (including phenoxy) is 1. The molecule has 4 nitrogen and oxygen atoms in total. The Morgan fingerprint density at radius 1 is 1.14 bits per heavy atom. The van der Waals surface area contributed by atoms with Crippen LogP contribution in [0.4, 0.5) is 0 Å². The van der Waals surface area contributed by atoms with E-state index in [0.717, 1.165) is 31.9 Å². The summed E-state index contributed by atoms with van der Waals surface area (Å²) in [5.41, 5.74) is 2.37. The smallest absolute Gasteiger partial charge is 0.163 e. The molecule has 0 saturated heterocycles. The van der Waals surface area contributed by atoms with Crippen LogP contribution < -0.4 is 0 Å². The van der Waals surface area contributed by atoms with E-state index in [2.05, 4.69) is 49.2 Å². The number of benzene rings is 1. The Kier molecular flexibility index (Phi) is 7.81. The predicted octanol–water partition coefficient (Wildman–Crippen LogP) is 4.97. The molecule has 1 aromatic carbocycles. The second kappa shape index (κ2) is 9.87. The molecule has 1 aromatic heterocycles. The van der Waals surface area contributed by atoms with Crippen LogP contribution >= 0.6 is 0 Å². The van der Waals surface area contributed by atoms with Crippen LogP contribution in [0.1, 0.15) is 42.9 Å². The fraction of sp³-hybridized carbons (Fsp3) is 0.417. The number of hydrogen-bond donors (Lipinski definition) is 1. The van der Waals surface area contributed by atoms with E-state index < -0.39 is 5.60 Å². The highest BCUT2D eigenvalue weighted by molar-refractivity contribution is 5.35. The Labute approximate surface area is 169 Å². The van der Waals surface area contributed by atoms with Crippen LogP contribution in [0.25, 0.3) is 0 Å². The summed E-state index contributed by atoms with van der Waals surface area (Å²) in [5.74, 6) is 1.27. The van der Waals surface area contributed by atoms with E-state index in [-0.39, 0.29) is 0 Å². The summed E-state index contributed by atoms with van der Waals surface area (Å²) in [6, 6.07) is 12.3. The number of aliphatic hydroxyl groups is 1. The van der Waals surface area contributed by atoms with Gasteiger partial charge in [0.1, 0.15) is 11.5 Å². The molecule has 0 bridgehead atoms. The molecular weight excluding hydrogens is 350 g/mol. The van der Waals surface area contributed by atoms with Gasteiger partial charge in [-0.25, -0.2) is 0 Å². The largest absolute Gasteiger partial charge is 0.461 e. The minimum atomic E-state index is -1.34. The number of furan rings is 1. The first-order valence-corrected chi connectivity index (χ1v) is 9.67. The van der Waals surface area contributed by atoms with Crippen molar-refractivity contribution in [2.75, 3.05) is 20.3 Å². The van der Waals surface area contributed by atoms with E-state index in [1.54, 1.807) is 21.0 Å². The lowest BCUT2D eigenvalue weighted by atomic mass is 9.87. The minimum Gasteiger partial charge on any atom is -0.461 e. The molecular formula is C24H33NO3. The van der Waals surface area contributed by atoms with Crippen molar-refractivity contribution in [1.29, 1.82) is 0 Å². The highest BCUT2D eigenvalue weighted by Gasteiger charge is 2.34. The van der Waals surface area contributed by atoms with E-state index >= 15 is 0 Å². The van der Waals surface area contributed by atoms with E-state index in [9.17, 15) is 5.11 Å². The fourth-order valence-corrected chi connectivity index (χ4v) is 3.38. The first-order valence-electron chi connectivity index (χ1n) is 9.67. The zero-order chi connectivity index (χ0) is 20.7. The van der Waals surface area contributed by atoms with E-state index in [4.69, 9.17) is 9.15 Å². The highest BCUT2D eigenvalue weighted by Crippen LogP contribution is 2.36. The third-order valence-corrected chi connectivity index (χ3v) is 4.94. The first kappa shape index (κ1) is 22.2. The summed E-state index contributed by atoms with van der Waals surface area (Å²) >= 11 is 0. The van der Waals surface area contributed by atoms with Gasteiger partial charge in [0, 0.05) is 26.8 Å². The van der Waals surface area contributed by atoms with Gasteiger partial charge in [-0.15, -0.1) is 0 Å². The van der Waals surface area contributed by atoms with Gasteiger partial charge in [0.25, 0.3) is 0 Å². The molecule has 0 amide bonds. The predicted molar refractivity (Wildman–Crippen MR) is 114 cm³/mol. The molecule has 2 rings (SSSR count). The lowest BCUT2D eigenvalue weighted by Crippen LogP contribution is -2.27. The van der Waals surface area contributed by atoms with Crippen molar-refractivity contribution < 1.29 is 14.3 Å². The molecule has 0 aliphatic carbocycles. The number of rotatable bonds is 11. The molecule has 0 radical (unpaired) electrons. The van der Waals surface area contributed by atoms with Crippen molar-refractivity contribution in [3.8, 4) is 0 Å². The zero-order valence-corrected chi connectivity index (χ0v) is 17.6. The van der Waals surface area contributed by atoms with Crippen molar-refractivity contribution in [2.24, 2.45) is 0 Å². The molecule has 0 aliphatic rings. The van der Waals surface area contributed by atoms with Crippen LogP contribution in [0.15, 0.2) is 65.1 Å². The maximum atomic E-state index is 11.0. The van der Waals surface area contributed by atoms with Gasteiger partial charge >= 0.3 is 0 Å². The van der Waals surface area contributed by atoms with Gasteiger partial charge in [-0.1, -0.05) is 43.0 Å². The van der Waals surface area contributed by atoms with Crippen molar-refractivity contribution in [1.82, 2.24) is 4.90 Å². The molecule has 152 valence electrons. The van der Waals surface area contributed by atoms with Gasteiger partial charge in [0.15, 0.2) is 5.60 Å². The second-order valence-corrected chi connectivity index (χ2v) is 7.58. The lowest BCUT2D eigenvalue weighted by molar-refractivity contribution is 0.0874. The molecule has 0 atom stereocenters. The van der Waals surface area contributed by atoms with Crippen LogP contribution in [-0.2, 0) is 23.4 Å². The van der Waals surface area contributed by atoms with Gasteiger partial charge in [0.2, 0.25) is 0 Å². The molecule has 0 unspecified atom stereocenters. The van der Waals surface area contributed by atoms with E-state index in [1.165, 1.54) is 11.1 Å². The van der Waals surface area contributed by atoms with Crippen molar-refractivity contribution in [3.63, 3.8) is 0 Å². The van der Waals surface area contributed by atoms with Crippen LogP contribution in [-0.4, -0.2) is 30.3 Å². The second-order valence-electron chi connectivity index (χ2n) is 7.58. The van der Waals surface area contributed by atoms with Crippen LogP contribution in [0.3, 0.4) is 0 Å². The summed E-state index contributed by atoms with van der Waals surface area (Å²) in [5, 5.41) is 11.0. The molecule has 0 aliphatic heterocycles. The molecule has 0 saturated carbocycles. The highest BCUT2D eigenvalue weighted by atomic mass is 16.5. The Bertz CT molecular complexity index is 792. The lowest BCUT2D eigenvalue weighted by Gasteiger charge is -2.27. The van der Waals surface area contributed by atoms with Gasteiger partial charge in [0.05, 0.1) is 6.54 Å². The molecule has 2 aromatic rings. The summed E-state index contributed by atoms with van der Waals surface area (Å²) in [6.07, 6.45) is 0.942. The number of nitrogens with zero attached hydrogens (tertiary/aromatic N) is 1. The monoisotopic (exact) mass is 383 g/mol. The summed E-state index contributed by atoms with van der Waals surface area (Å²) < 4.78 is 11.2. The van der Waals surface area contributed by atoms with E-state index in [1.807, 2.05) is 12.1 Å². The molecule has 0 fully saturated rings. The SMILES string of the molecule is C=C(C)C(O)(C(=C)C)c1ccc(CN(CCCOC)Cc2cccc(C)c2)o1. The molecule has 4 heteroatoms. The fourth-order valence-electron chi connectivity index (χ4n) is 3.38. The van der Waals surface area contributed by atoms with Gasteiger partial charge in [-0.2, -0.15) is 0 Å². The minimum absolute atomic E-state index is 0.467. The van der Waals surface area contributed by atoms with Crippen molar-refractivity contribution >= 4 is 0 Å². The Morgan fingerprint density at radius 3 is 2.46 bits per heavy atom. The van der Waals surface area contributed by atoms with Gasteiger partial charge < -0.3 is 14.3 Å². The maximum absolute atomic E-state index is 11.0. The topological polar surface area (TPSA) is 45.8 Å². The summed E-state index contributed by atoms with van der Waals surface area (Å²) in [7, 11) is 1.72. The molecule has 1 heterocycles. The quantitative estimate of drug-likeness (QED) is 0.440. The number of methoxy groups -OCH3 is 1.